The van der Waals surface area contributed by atoms with Gasteiger partial charge in [-0.25, -0.2) is 0 Å². The molecule has 7 heteroatoms. The normalized spacial score (nSPS) is 13.4. The van der Waals surface area contributed by atoms with Crippen LogP contribution in [-0.4, -0.2) is 41.0 Å². The number of rotatable bonds is 9. The maximum absolute atomic E-state index is 12.1. The minimum atomic E-state index is -1.23. The molecule has 0 heterocycles. The predicted octanol–water partition coefficient (Wildman–Crippen LogP) is 0.191. The molecule has 0 radical (unpaired) electrons. The Morgan fingerprint density at radius 2 is 2.00 bits per heavy atom. The van der Waals surface area contributed by atoms with E-state index in [9.17, 15) is 13.8 Å². The molecule has 0 saturated heterocycles. The van der Waals surface area contributed by atoms with Gasteiger partial charge >= 0.3 is 0 Å². The molecule has 1 aromatic rings. The third-order valence-corrected chi connectivity index (χ3v) is 4.12. The molecule has 0 aromatic heterocycles. The topological polar surface area (TPSA) is 98.5 Å². The van der Waals surface area contributed by atoms with Gasteiger partial charge in [0.2, 0.25) is 11.8 Å². The van der Waals surface area contributed by atoms with Crippen LogP contribution in [0.25, 0.3) is 0 Å². The average molecular weight is 312 g/mol. The van der Waals surface area contributed by atoms with Gasteiger partial charge in [-0.1, -0.05) is 18.2 Å². The second-order valence-electron chi connectivity index (χ2n) is 4.31. The van der Waals surface area contributed by atoms with Crippen LogP contribution in [0.5, 0.6) is 0 Å². The highest BCUT2D eigenvalue weighted by atomic mass is 32.2. The standard InChI is InChI=1S/C14H20N2O4S/c1-2-20-10-13(17)16-12(14(15)18)8-9-21(19)11-6-4-3-5-7-11/h3-7,12H,2,8-10H2,1H3,(H2,15,18)(H,16,17)/t12-,21+/m1/s1. The zero-order valence-electron chi connectivity index (χ0n) is 11.9. The Kier molecular flexibility index (Phi) is 7.63. The summed E-state index contributed by atoms with van der Waals surface area (Å²) in [5, 5.41) is 2.49. The molecule has 1 rings (SSSR count). The van der Waals surface area contributed by atoms with Gasteiger partial charge in [-0.05, 0) is 25.5 Å². The van der Waals surface area contributed by atoms with Crippen molar-refractivity contribution in [1.82, 2.24) is 5.32 Å². The van der Waals surface area contributed by atoms with Gasteiger partial charge in [0, 0.05) is 17.3 Å². The van der Waals surface area contributed by atoms with Crippen molar-refractivity contribution < 1.29 is 18.5 Å². The van der Waals surface area contributed by atoms with E-state index in [-0.39, 0.29) is 18.8 Å². The van der Waals surface area contributed by atoms with E-state index >= 15 is 0 Å². The van der Waals surface area contributed by atoms with E-state index in [4.69, 9.17) is 10.5 Å². The average Bonchev–Trinajstić information content (AvgIpc) is 2.49. The predicted molar refractivity (Wildman–Crippen MR) is 80.0 cm³/mol. The summed E-state index contributed by atoms with van der Waals surface area (Å²) in [6, 6.07) is 8.09. The Labute approximate surface area is 126 Å². The maximum Gasteiger partial charge on any atom is 0.246 e. The molecular formula is C14H20N2O4S. The van der Waals surface area contributed by atoms with Gasteiger partial charge in [0.15, 0.2) is 0 Å². The van der Waals surface area contributed by atoms with Crippen LogP contribution in [0.4, 0.5) is 0 Å². The molecular weight excluding hydrogens is 292 g/mol. The number of hydrogen-bond acceptors (Lipinski definition) is 4. The van der Waals surface area contributed by atoms with Crippen molar-refractivity contribution in [2.45, 2.75) is 24.3 Å². The van der Waals surface area contributed by atoms with Crippen LogP contribution in [-0.2, 0) is 25.1 Å². The van der Waals surface area contributed by atoms with Crippen LogP contribution in [0, 0.1) is 0 Å². The molecule has 1 aromatic carbocycles. The number of carbonyl (C=O) groups excluding carboxylic acids is 2. The first-order chi connectivity index (χ1) is 10.0. The third kappa shape index (κ3) is 6.50. The van der Waals surface area contributed by atoms with Gasteiger partial charge in [-0.15, -0.1) is 0 Å². The number of hydrogen-bond donors (Lipinski definition) is 2. The number of primary amides is 1. The van der Waals surface area contributed by atoms with Crippen LogP contribution < -0.4 is 11.1 Å². The number of nitrogens with one attached hydrogen (secondary N) is 1. The fourth-order valence-corrected chi connectivity index (χ4v) is 2.78. The molecule has 0 fully saturated rings. The number of carbonyl (C=O) groups is 2. The largest absolute Gasteiger partial charge is 0.372 e. The van der Waals surface area contributed by atoms with Crippen molar-refractivity contribution >= 4 is 22.6 Å². The molecule has 0 saturated carbocycles. The third-order valence-electron chi connectivity index (χ3n) is 2.71. The van der Waals surface area contributed by atoms with Crippen LogP contribution >= 0.6 is 0 Å². The molecule has 2 amide bonds. The maximum atomic E-state index is 12.1. The number of ether oxygens (including phenoxy) is 1. The summed E-state index contributed by atoms with van der Waals surface area (Å²) >= 11 is 0. The molecule has 2 atom stereocenters. The quantitative estimate of drug-likeness (QED) is 0.680. The number of amides is 2. The molecule has 0 aliphatic heterocycles. The van der Waals surface area contributed by atoms with Gasteiger partial charge in [-0.2, -0.15) is 0 Å². The molecule has 0 spiro atoms. The van der Waals surface area contributed by atoms with Crippen molar-refractivity contribution in [1.29, 1.82) is 0 Å². The highest BCUT2D eigenvalue weighted by molar-refractivity contribution is 7.85. The Morgan fingerprint density at radius 3 is 2.57 bits per heavy atom. The van der Waals surface area contributed by atoms with E-state index in [2.05, 4.69) is 5.32 Å². The zero-order valence-corrected chi connectivity index (χ0v) is 12.7. The first-order valence-corrected chi connectivity index (χ1v) is 7.96. The van der Waals surface area contributed by atoms with Gasteiger partial charge in [0.05, 0.1) is 10.8 Å². The van der Waals surface area contributed by atoms with Gasteiger partial charge < -0.3 is 15.8 Å². The summed E-state index contributed by atoms with van der Waals surface area (Å²) in [7, 11) is -1.23. The van der Waals surface area contributed by atoms with Crippen LogP contribution in [0.15, 0.2) is 35.2 Å². The van der Waals surface area contributed by atoms with E-state index in [0.29, 0.717) is 11.5 Å². The highest BCUT2D eigenvalue weighted by Crippen LogP contribution is 2.07. The molecule has 116 valence electrons. The monoisotopic (exact) mass is 312 g/mol. The van der Waals surface area contributed by atoms with E-state index in [1.165, 1.54) is 0 Å². The van der Waals surface area contributed by atoms with Crippen LogP contribution in [0.1, 0.15) is 13.3 Å². The lowest BCUT2D eigenvalue weighted by atomic mass is 10.2. The van der Waals surface area contributed by atoms with Crippen LogP contribution in [0.2, 0.25) is 0 Å². The fraction of sp³-hybridized carbons (Fsp3) is 0.429. The Balaban J connectivity index is 2.50. The van der Waals surface area contributed by atoms with Gasteiger partial charge in [0.25, 0.3) is 0 Å². The molecule has 0 unspecified atom stereocenters. The minimum absolute atomic E-state index is 0.123. The molecule has 0 aliphatic rings. The van der Waals surface area contributed by atoms with Crippen molar-refractivity contribution in [3.8, 4) is 0 Å². The van der Waals surface area contributed by atoms with E-state index in [1.807, 2.05) is 6.07 Å². The Hall–Kier alpha value is -1.73. The van der Waals surface area contributed by atoms with E-state index in [0.717, 1.165) is 0 Å². The molecule has 6 nitrogen and oxygen atoms in total. The Bertz CT molecular complexity index is 493. The summed E-state index contributed by atoms with van der Waals surface area (Å²) in [5.74, 6) is -0.817. The Morgan fingerprint density at radius 1 is 1.33 bits per heavy atom. The fourth-order valence-electron chi connectivity index (χ4n) is 1.63. The van der Waals surface area contributed by atoms with Gasteiger partial charge in [-0.3, -0.25) is 13.8 Å². The number of nitrogens with two attached hydrogens (primary N) is 1. The SMILES string of the molecule is CCOCC(=O)N[C@H](CC[S@](=O)c1ccccc1)C(N)=O. The summed E-state index contributed by atoms with van der Waals surface area (Å²) in [4.78, 5) is 23.5. The zero-order chi connectivity index (χ0) is 15.7. The lowest BCUT2D eigenvalue weighted by Crippen LogP contribution is -2.46. The van der Waals surface area contributed by atoms with Crippen molar-refractivity contribution in [3.05, 3.63) is 30.3 Å². The van der Waals surface area contributed by atoms with Crippen molar-refractivity contribution in [2.75, 3.05) is 19.0 Å². The van der Waals surface area contributed by atoms with Gasteiger partial charge in [0.1, 0.15) is 12.6 Å². The first kappa shape index (κ1) is 17.3. The van der Waals surface area contributed by atoms with E-state index < -0.39 is 28.7 Å². The second kappa shape index (κ2) is 9.25. The second-order valence-corrected chi connectivity index (χ2v) is 5.88. The van der Waals surface area contributed by atoms with Crippen LogP contribution in [0.3, 0.4) is 0 Å². The first-order valence-electron chi connectivity index (χ1n) is 6.64. The highest BCUT2D eigenvalue weighted by Gasteiger charge is 2.19. The van der Waals surface area contributed by atoms with E-state index in [1.54, 1.807) is 31.2 Å². The molecule has 0 aliphatic carbocycles. The molecule has 21 heavy (non-hydrogen) atoms. The van der Waals surface area contributed by atoms with Crippen molar-refractivity contribution in [3.63, 3.8) is 0 Å². The smallest absolute Gasteiger partial charge is 0.246 e. The molecule has 0 bridgehead atoms. The molecule has 3 N–H and O–H groups in total. The lowest BCUT2D eigenvalue weighted by Gasteiger charge is -2.15. The summed E-state index contributed by atoms with van der Waals surface area (Å²) < 4.78 is 17.0. The minimum Gasteiger partial charge on any atom is -0.372 e. The summed E-state index contributed by atoms with van der Waals surface area (Å²) in [6.45, 7) is 2.05. The number of benzene rings is 1. The summed E-state index contributed by atoms with van der Waals surface area (Å²) in [5.41, 5.74) is 5.25. The lowest BCUT2D eigenvalue weighted by molar-refractivity contribution is -0.130. The van der Waals surface area contributed by atoms with Crippen molar-refractivity contribution in [2.24, 2.45) is 5.73 Å². The summed E-state index contributed by atoms with van der Waals surface area (Å²) in [6.07, 6.45) is 0.217.